The maximum Gasteiger partial charge on any atom is 0.451 e. The lowest BCUT2D eigenvalue weighted by Gasteiger charge is -2.38. The number of hydrogen-bond acceptors (Lipinski definition) is 5. The Bertz CT molecular complexity index is 268. The molecule has 17 heavy (non-hydrogen) atoms. The van der Waals surface area contributed by atoms with Crippen molar-refractivity contribution in [2.75, 3.05) is 0 Å². The van der Waals surface area contributed by atoms with Crippen molar-refractivity contribution in [3.8, 4) is 0 Å². The fourth-order valence-corrected chi connectivity index (χ4v) is 2.23. The molecule has 0 bridgehead atoms. The predicted octanol–water partition coefficient (Wildman–Crippen LogP) is -0.786. The van der Waals surface area contributed by atoms with Gasteiger partial charge in [-0.25, -0.2) is 0 Å². The number of aliphatic hydroxyl groups is 1. The summed E-state index contributed by atoms with van der Waals surface area (Å²) in [5, 5.41) is 36.0. The molecule has 0 aromatic carbocycles. The molecule has 0 spiro atoms. The fourth-order valence-electron chi connectivity index (χ4n) is 2.23. The van der Waals surface area contributed by atoms with Crippen molar-refractivity contribution in [3.05, 3.63) is 0 Å². The molecular weight excluding hydrogens is 248 g/mol. The summed E-state index contributed by atoms with van der Waals surface area (Å²) in [5.74, 6) is -1.18. The average Bonchev–Trinajstić information content (AvgIpc) is 2.19. The molecular formula is C9H19BClNO5. The molecule has 6 nitrogen and oxygen atoms in total. The third-order valence-electron chi connectivity index (χ3n) is 3.30. The second-order valence-corrected chi connectivity index (χ2v) is 4.57. The van der Waals surface area contributed by atoms with E-state index in [0.717, 1.165) is 0 Å². The molecule has 3 atom stereocenters. The van der Waals surface area contributed by atoms with Gasteiger partial charge < -0.3 is 26.0 Å². The van der Waals surface area contributed by atoms with E-state index in [1.54, 1.807) is 0 Å². The van der Waals surface area contributed by atoms with Crippen LogP contribution in [0.4, 0.5) is 0 Å². The van der Waals surface area contributed by atoms with Crippen molar-refractivity contribution < 1.29 is 25.1 Å². The van der Waals surface area contributed by atoms with Crippen molar-refractivity contribution in [3.63, 3.8) is 0 Å². The van der Waals surface area contributed by atoms with Gasteiger partial charge in [0, 0.05) is 0 Å². The van der Waals surface area contributed by atoms with Crippen LogP contribution in [0.2, 0.25) is 6.32 Å². The van der Waals surface area contributed by atoms with Gasteiger partial charge in [0.25, 0.3) is 0 Å². The van der Waals surface area contributed by atoms with Gasteiger partial charge in [0.05, 0.1) is 6.10 Å². The topological polar surface area (TPSA) is 124 Å². The van der Waals surface area contributed by atoms with Gasteiger partial charge in [-0.05, 0) is 31.5 Å². The molecule has 0 amide bonds. The van der Waals surface area contributed by atoms with Crippen LogP contribution < -0.4 is 5.73 Å². The number of carbonyl (C=O) groups is 1. The lowest BCUT2D eigenvalue weighted by molar-refractivity contribution is -0.151. The zero-order chi connectivity index (χ0) is 12.3. The molecule has 0 saturated heterocycles. The number of hydrogen-bond donors (Lipinski definition) is 5. The summed E-state index contributed by atoms with van der Waals surface area (Å²) in [5.41, 5.74) is 4.07. The van der Waals surface area contributed by atoms with Crippen molar-refractivity contribution >= 4 is 25.5 Å². The molecule has 100 valence electrons. The number of halogens is 1. The first-order valence-electron chi connectivity index (χ1n) is 5.42. The van der Waals surface area contributed by atoms with E-state index in [9.17, 15) is 9.90 Å². The van der Waals surface area contributed by atoms with E-state index in [0.29, 0.717) is 19.3 Å². The Labute approximate surface area is 106 Å². The van der Waals surface area contributed by atoms with Crippen LogP contribution in [0.15, 0.2) is 0 Å². The molecule has 1 saturated carbocycles. The minimum atomic E-state index is -1.59. The molecule has 0 radical (unpaired) electrons. The van der Waals surface area contributed by atoms with E-state index in [1.165, 1.54) is 0 Å². The highest BCUT2D eigenvalue weighted by Gasteiger charge is 2.46. The number of aliphatic hydroxyl groups excluding tert-OH is 1. The van der Waals surface area contributed by atoms with Crippen LogP contribution in [-0.4, -0.2) is 45.0 Å². The van der Waals surface area contributed by atoms with Crippen molar-refractivity contribution in [2.45, 2.75) is 43.6 Å². The van der Waals surface area contributed by atoms with Crippen LogP contribution in [-0.2, 0) is 4.79 Å². The smallest absolute Gasteiger partial charge is 0.451 e. The molecule has 0 aromatic heterocycles. The Kier molecular flexibility index (Phi) is 6.43. The van der Waals surface area contributed by atoms with Crippen molar-refractivity contribution in [2.24, 2.45) is 11.7 Å². The molecule has 1 rings (SSSR count). The summed E-state index contributed by atoms with van der Waals surface area (Å²) in [6.45, 7) is 0. The maximum atomic E-state index is 11.0. The first kappa shape index (κ1) is 16.7. The molecule has 1 fully saturated rings. The molecule has 6 N–H and O–H groups in total. The highest BCUT2D eigenvalue weighted by atomic mass is 35.5. The van der Waals surface area contributed by atoms with Crippen molar-refractivity contribution in [1.29, 1.82) is 0 Å². The number of aliphatic carboxylic acids is 1. The normalized spacial score (nSPS) is 32.7. The predicted molar refractivity (Wildman–Crippen MR) is 64.8 cm³/mol. The minimum absolute atomic E-state index is 0. The van der Waals surface area contributed by atoms with Crippen LogP contribution in [0.5, 0.6) is 0 Å². The van der Waals surface area contributed by atoms with Crippen LogP contribution in [0.25, 0.3) is 0 Å². The lowest BCUT2D eigenvalue weighted by Crippen LogP contribution is -2.60. The Morgan fingerprint density at radius 1 is 1.41 bits per heavy atom. The van der Waals surface area contributed by atoms with Crippen LogP contribution in [0, 0.1) is 5.92 Å². The first-order chi connectivity index (χ1) is 7.36. The van der Waals surface area contributed by atoms with Crippen LogP contribution in [0.1, 0.15) is 25.7 Å². The molecule has 8 heteroatoms. The third kappa shape index (κ3) is 4.11. The quantitative estimate of drug-likeness (QED) is 0.425. The van der Waals surface area contributed by atoms with Gasteiger partial charge in [-0.2, -0.15) is 0 Å². The Morgan fingerprint density at radius 3 is 2.47 bits per heavy atom. The van der Waals surface area contributed by atoms with Gasteiger partial charge in [-0.3, -0.25) is 4.79 Å². The number of carboxylic acids is 1. The summed E-state index contributed by atoms with van der Waals surface area (Å²) in [4.78, 5) is 11.0. The van der Waals surface area contributed by atoms with E-state index in [2.05, 4.69) is 0 Å². The van der Waals surface area contributed by atoms with Gasteiger partial charge in [-0.1, -0.05) is 6.42 Å². The summed E-state index contributed by atoms with van der Waals surface area (Å²) >= 11 is 0. The van der Waals surface area contributed by atoms with Gasteiger partial charge in [0.2, 0.25) is 0 Å². The molecule has 1 unspecified atom stereocenters. The van der Waals surface area contributed by atoms with E-state index in [1.807, 2.05) is 0 Å². The average molecular weight is 268 g/mol. The molecule has 1 aliphatic carbocycles. The standard InChI is InChI=1S/C9H18BNO5.ClH/c11-9(8(13)14)5-6(1-2-7(9)12)3-4-10(15)16;/h6-7,12,15-16H,1-5,11H2,(H,13,14);1H/t6-,7-,9?;/m0./s1. The van der Waals surface area contributed by atoms with Gasteiger partial charge >= 0.3 is 13.1 Å². The number of rotatable bonds is 4. The summed E-state index contributed by atoms with van der Waals surface area (Å²) in [7, 11) is -1.37. The summed E-state index contributed by atoms with van der Waals surface area (Å²) in [6, 6.07) is 0. The SMILES string of the molecule is Cl.NC1(C(=O)O)C[C@H](CCB(O)O)CC[C@@H]1O. The van der Waals surface area contributed by atoms with E-state index < -0.39 is 24.7 Å². The number of carboxylic acid groups (broad SMARTS) is 1. The third-order valence-corrected chi connectivity index (χ3v) is 3.30. The molecule has 0 aliphatic heterocycles. The highest BCUT2D eigenvalue weighted by Crippen LogP contribution is 2.34. The van der Waals surface area contributed by atoms with E-state index >= 15 is 0 Å². The van der Waals surface area contributed by atoms with Gasteiger partial charge in [0.1, 0.15) is 5.54 Å². The van der Waals surface area contributed by atoms with E-state index in [-0.39, 0.29) is 31.1 Å². The Hall–Kier alpha value is -0.335. The monoisotopic (exact) mass is 267 g/mol. The minimum Gasteiger partial charge on any atom is -0.480 e. The molecule has 0 heterocycles. The maximum absolute atomic E-state index is 11.0. The molecule has 0 aromatic rings. The van der Waals surface area contributed by atoms with Crippen LogP contribution >= 0.6 is 12.4 Å². The van der Waals surface area contributed by atoms with Crippen molar-refractivity contribution in [1.82, 2.24) is 0 Å². The summed E-state index contributed by atoms with van der Waals surface area (Å²) in [6.07, 6.45) is 0.874. The Balaban J connectivity index is 0.00000256. The summed E-state index contributed by atoms with van der Waals surface area (Å²) < 4.78 is 0. The fraction of sp³-hybridized carbons (Fsp3) is 0.889. The second-order valence-electron chi connectivity index (χ2n) is 4.57. The van der Waals surface area contributed by atoms with Crippen LogP contribution in [0.3, 0.4) is 0 Å². The van der Waals surface area contributed by atoms with Gasteiger partial charge in [-0.15, -0.1) is 12.4 Å². The Morgan fingerprint density at radius 2 is 2.00 bits per heavy atom. The highest BCUT2D eigenvalue weighted by molar-refractivity contribution is 6.40. The largest absolute Gasteiger partial charge is 0.480 e. The van der Waals surface area contributed by atoms with E-state index in [4.69, 9.17) is 20.9 Å². The zero-order valence-corrected chi connectivity index (χ0v) is 10.3. The first-order valence-corrected chi connectivity index (χ1v) is 5.42. The lowest BCUT2D eigenvalue weighted by atomic mass is 9.70. The number of nitrogens with two attached hydrogens (primary N) is 1. The second kappa shape index (κ2) is 6.56. The van der Waals surface area contributed by atoms with Gasteiger partial charge in [0.15, 0.2) is 0 Å². The zero-order valence-electron chi connectivity index (χ0n) is 9.45. The molecule has 1 aliphatic rings.